The summed E-state index contributed by atoms with van der Waals surface area (Å²) in [6.07, 6.45) is 4.96. The topological polar surface area (TPSA) is 83.3 Å². The first kappa shape index (κ1) is 18.8. The quantitative estimate of drug-likeness (QED) is 0.765. The first-order valence-corrected chi connectivity index (χ1v) is 9.31. The first-order chi connectivity index (χ1) is 12.7. The van der Waals surface area contributed by atoms with Gasteiger partial charge in [-0.25, -0.2) is 4.68 Å². The molecule has 2 heterocycles. The van der Waals surface area contributed by atoms with Crippen molar-refractivity contribution >= 4 is 17.5 Å². The molecule has 8 heteroatoms. The SMILES string of the molecule is O=C(NCCN1CCCCC1CO)c1cn(Cc2ccc(Cl)cc2)nn1. The van der Waals surface area contributed by atoms with Gasteiger partial charge in [0, 0.05) is 24.2 Å². The van der Waals surface area contributed by atoms with Crippen LogP contribution in [0.2, 0.25) is 5.02 Å². The van der Waals surface area contributed by atoms with Gasteiger partial charge in [-0.1, -0.05) is 35.4 Å². The van der Waals surface area contributed by atoms with Crippen molar-refractivity contribution in [2.24, 2.45) is 0 Å². The van der Waals surface area contributed by atoms with E-state index in [2.05, 4.69) is 20.5 Å². The van der Waals surface area contributed by atoms with Gasteiger partial charge in [0.2, 0.25) is 0 Å². The summed E-state index contributed by atoms with van der Waals surface area (Å²) in [4.78, 5) is 14.5. The number of hydrogen-bond donors (Lipinski definition) is 2. The molecule has 1 amide bonds. The molecule has 2 aromatic rings. The summed E-state index contributed by atoms with van der Waals surface area (Å²) in [6, 6.07) is 7.68. The molecule has 1 fully saturated rings. The van der Waals surface area contributed by atoms with Gasteiger partial charge in [0.25, 0.3) is 5.91 Å². The van der Waals surface area contributed by atoms with E-state index in [0.29, 0.717) is 23.8 Å². The van der Waals surface area contributed by atoms with Crippen molar-refractivity contribution in [1.82, 2.24) is 25.2 Å². The van der Waals surface area contributed by atoms with Crippen molar-refractivity contribution in [1.29, 1.82) is 0 Å². The predicted molar refractivity (Wildman–Crippen MR) is 99.2 cm³/mol. The Morgan fingerprint density at radius 2 is 2.12 bits per heavy atom. The minimum atomic E-state index is -0.232. The highest BCUT2D eigenvalue weighted by Gasteiger charge is 2.21. The van der Waals surface area contributed by atoms with Gasteiger partial charge in [-0.3, -0.25) is 9.69 Å². The lowest BCUT2D eigenvalue weighted by molar-refractivity contribution is 0.0847. The van der Waals surface area contributed by atoms with E-state index >= 15 is 0 Å². The number of nitrogens with zero attached hydrogens (tertiary/aromatic N) is 4. The number of aromatic nitrogens is 3. The average Bonchev–Trinajstić information content (AvgIpc) is 3.12. The summed E-state index contributed by atoms with van der Waals surface area (Å²) in [5.74, 6) is -0.232. The summed E-state index contributed by atoms with van der Waals surface area (Å²) in [5, 5.41) is 20.9. The molecule has 3 rings (SSSR count). The Balaban J connectivity index is 1.47. The van der Waals surface area contributed by atoms with Crippen molar-refractivity contribution < 1.29 is 9.90 Å². The molecule has 1 unspecified atom stereocenters. The molecule has 26 heavy (non-hydrogen) atoms. The van der Waals surface area contributed by atoms with Crippen molar-refractivity contribution in [3.8, 4) is 0 Å². The maximum absolute atomic E-state index is 12.2. The van der Waals surface area contributed by atoms with E-state index in [1.807, 2.05) is 24.3 Å². The third-order valence-electron chi connectivity index (χ3n) is 4.67. The Kier molecular flexibility index (Phi) is 6.60. The molecule has 1 atom stereocenters. The fourth-order valence-corrected chi connectivity index (χ4v) is 3.35. The molecular weight excluding hydrogens is 354 g/mol. The number of carbonyl (C=O) groups is 1. The van der Waals surface area contributed by atoms with Gasteiger partial charge < -0.3 is 10.4 Å². The Morgan fingerprint density at radius 3 is 2.88 bits per heavy atom. The van der Waals surface area contributed by atoms with Gasteiger partial charge in [0.1, 0.15) is 0 Å². The Bertz CT molecular complexity index is 719. The molecule has 2 N–H and O–H groups in total. The van der Waals surface area contributed by atoms with E-state index in [-0.39, 0.29) is 18.6 Å². The molecule has 1 aliphatic rings. The maximum Gasteiger partial charge on any atom is 0.273 e. The van der Waals surface area contributed by atoms with E-state index < -0.39 is 0 Å². The summed E-state index contributed by atoms with van der Waals surface area (Å²) in [5.41, 5.74) is 1.34. The van der Waals surface area contributed by atoms with E-state index in [1.54, 1.807) is 10.9 Å². The van der Waals surface area contributed by atoms with Crippen LogP contribution in [0.3, 0.4) is 0 Å². The average molecular weight is 378 g/mol. The molecule has 7 nitrogen and oxygen atoms in total. The van der Waals surface area contributed by atoms with Crippen molar-refractivity contribution in [2.75, 3.05) is 26.2 Å². The lowest BCUT2D eigenvalue weighted by Gasteiger charge is -2.34. The van der Waals surface area contributed by atoms with E-state index in [1.165, 1.54) is 0 Å². The number of benzene rings is 1. The summed E-state index contributed by atoms with van der Waals surface area (Å²) in [6.45, 7) is 2.93. The lowest BCUT2D eigenvalue weighted by Crippen LogP contribution is -2.45. The molecule has 1 aromatic carbocycles. The second-order valence-electron chi connectivity index (χ2n) is 6.55. The van der Waals surface area contributed by atoms with Gasteiger partial charge in [-0.05, 0) is 37.1 Å². The highest BCUT2D eigenvalue weighted by molar-refractivity contribution is 6.30. The van der Waals surface area contributed by atoms with Crippen LogP contribution in [-0.4, -0.2) is 63.2 Å². The Labute approximate surface area is 157 Å². The van der Waals surface area contributed by atoms with Gasteiger partial charge >= 0.3 is 0 Å². The molecule has 1 aromatic heterocycles. The molecule has 0 saturated carbocycles. The zero-order chi connectivity index (χ0) is 18.4. The number of rotatable bonds is 7. The molecule has 1 aliphatic heterocycles. The second kappa shape index (κ2) is 9.12. The fraction of sp³-hybridized carbons (Fsp3) is 0.500. The molecular formula is C18H24ClN5O2. The number of piperidine rings is 1. The number of hydrogen-bond acceptors (Lipinski definition) is 5. The van der Waals surface area contributed by atoms with Crippen molar-refractivity contribution in [3.05, 3.63) is 46.7 Å². The van der Waals surface area contributed by atoms with Crippen molar-refractivity contribution in [2.45, 2.75) is 31.8 Å². The van der Waals surface area contributed by atoms with Gasteiger partial charge in [0.15, 0.2) is 5.69 Å². The number of halogens is 1. The summed E-state index contributed by atoms with van der Waals surface area (Å²) in [7, 11) is 0. The van der Waals surface area contributed by atoms with E-state index in [0.717, 1.165) is 37.9 Å². The Hall–Kier alpha value is -1.96. The van der Waals surface area contributed by atoms with Crippen LogP contribution in [-0.2, 0) is 6.54 Å². The second-order valence-corrected chi connectivity index (χ2v) is 6.99. The molecule has 0 bridgehead atoms. The van der Waals surface area contributed by atoms with Crippen LogP contribution in [0.15, 0.2) is 30.5 Å². The number of nitrogens with one attached hydrogen (secondary N) is 1. The third-order valence-corrected chi connectivity index (χ3v) is 4.93. The molecule has 140 valence electrons. The molecule has 0 radical (unpaired) electrons. The number of aliphatic hydroxyl groups is 1. The lowest BCUT2D eigenvalue weighted by atomic mass is 10.0. The first-order valence-electron chi connectivity index (χ1n) is 8.93. The van der Waals surface area contributed by atoms with Gasteiger partial charge in [-0.15, -0.1) is 5.10 Å². The summed E-state index contributed by atoms with van der Waals surface area (Å²) >= 11 is 5.88. The van der Waals surface area contributed by atoms with E-state index in [9.17, 15) is 9.90 Å². The minimum absolute atomic E-state index is 0.174. The fourth-order valence-electron chi connectivity index (χ4n) is 3.22. The highest BCUT2D eigenvalue weighted by Crippen LogP contribution is 2.15. The number of likely N-dealkylation sites (tertiary alicyclic amines) is 1. The normalized spacial score (nSPS) is 18.0. The standard InChI is InChI=1S/C18H24ClN5O2/c19-15-6-4-14(5-7-15)11-24-12-17(21-22-24)18(26)20-8-10-23-9-2-1-3-16(23)13-25/h4-7,12,16,25H,1-3,8-11,13H2,(H,20,26). The third kappa shape index (κ3) is 5.03. The van der Waals surface area contributed by atoms with Crippen LogP contribution in [0.4, 0.5) is 0 Å². The zero-order valence-electron chi connectivity index (χ0n) is 14.6. The summed E-state index contributed by atoms with van der Waals surface area (Å²) < 4.78 is 1.63. The number of amides is 1. The molecule has 0 aliphatic carbocycles. The monoisotopic (exact) mass is 377 g/mol. The molecule has 1 saturated heterocycles. The highest BCUT2D eigenvalue weighted by atomic mass is 35.5. The largest absolute Gasteiger partial charge is 0.395 e. The van der Waals surface area contributed by atoms with Crippen LogP contribution in [0.1, 0.15) is 35.3 Å². The van der Waals surface area contributed by atoms with Crippen molar-refractivity contribution in [3.63, 3.8) is 0 Å². The Morgan fingerprint density at radius 1 is 1.31 bits per heavy atom. The molecule has 0 spiro atoms. The minimum Gasteiger partial charge on any atom is -0.395 e. The van der Waals surface area contributed by atoms with Gasteiger partial charge in [0.05, 0.1) is 19.3 Å². The van der Waals surface area contributed by atoms with Crippen LogP contribution < -0.4 is 5.32 Å². The van der Waals surface area contributed by atoms with E-state index in [4.69, 9.17) is 11.6 Å². The number of aliphatic hydroxyl groups excluding tert-OH is 1. The van der Waals surface area contributed by atoms with Crippen LogP contribution >= 0.6 is 11.6 Å². The smallest absolute Gasteiger partial charge is 0.273 e. The van der Waals surface area contributed by atoms with Crippen LogP contribution in [0.5, 0.6) is 0 Å². The van der Waals surface area contributed by atoms with Crippen LogP contribution in [0.25, 0.3) is 0 Å². The number of carbonyl (C=O) groups excluding carboxylic acids is 1. The van der Waals surface area contributed by atoms with Crippen LogP contribution in [0, 0.1) is 0 Å². The zero-order valence-corrected chi connectivity index (χ0v) is 15.4. The van der Waals surface area contributed by atoms with Gasteiger partial charge in [-0.2, -0.15) is 0 Å². The predicted octanol–water partition coefficient (Wildman–Crippen LogP) is 1.56. The maximum atomic E-state index is 12.2.